The van der Waals surface area contributed by atoms with Crippen molar-refractivity contribution in [2.24, 2.45) is 5.92 Å². The van der Waals surface area contributed by atoms with Crippen LogP contribution in [0.15, 0.2) is 0 Å². The average molecular weight is 341 g/mol. The summed E-state index contributed by atoms with van der Waals surface area (Å²) in [4.78, 5) is 16.8. The largest absolute Gasteiger partial charge is 0.368 e. The topological polar surface area (TPSA) is 65.0 Å². The number of aliphatic hydroxyl groups is 1. The molecule has 0 unspecified atom stereocenters. The standard InChI is InChI=1S/C18H35N3O3/c1-5-6-14-10-16(21(4)12-14)18(23)19-7-8-20(3)15-9-13(2)24-17(22)11-15/h13-17,22H,5-12H2,1-4H3,(H,19,23)/t13-,14-,15+,16+,17-/m1/s1. The molecule has 0 saturated carbocycles. The number of nitrogens with one attached hydrogen (secondary N) is 1. The van der Waals surface area contributed by atoms with E-state index in [0.29, 0.717) is 24.9 Å². The van der Waals surface area contributed by atoms with Gasteiger partial charge < -0.3 is 20.1 Å². The summed E-state index contributed by atoms with van der Waals surface area (Å²) in [6.07, 6.45) is 4.35. The summed E-state index contributed by atoms with van der Waals surface area (Å²) in [7, 11) is 4.11. The number of rotatable bonds is 7. The molecule has 0 aromatic heterocycles. The average Bonchev–Trinajstić information content (AvgIpc) is 2.87. The van der Waals surface area contributed by atoms with E-state index in [-0.39, 0.29) is 18.1 Å². The van der Waals surface area contributed by atoms with Crippen molar-refractivity contribution in [2.75, 3.05) is 33.7 Å². The molecule has 0 aliphatic carbocycles. The second kappa shape index (κ2) is 9.13. The lowest BCUT2D eigenvalue weighted by atomic mass is 10.0. The number of ether oxygens (including phenoxy) is 1. The van der Waals surface area contributed by atoms with Crippen LogP contribution in [-0.2, 0) is 9.53 Å². The zero-order chi connectivity index (χ0) is 17.7. The Morgan fingerprint density at radius 1 is 1.38 bits per heavy atom. The fourth-order valence-corrected chi connectivity index (χ4v) is 4.14. The third kappa shape index (κ3) is 5.41. The van der Waals surface area contributed by atoms with Crippen molar-refractivity contribution in [2.45, 2.75) is 70.4 Å². The molecule has 0 radical (unpaired) electrons. The first-order valence-corrected chi connectivity index (χ1v) is 9.42. The summed E-state index contributed by atoms with van der Waals surface area (Å²) in [6, 6.07) is 0.334. The van der Waals surface area contributed by atoms with Crippen LogP contribution in [0.5, 0.6) is 0 Å². The highest BCUT2D eigenvalue weighted by Gasteiger charge is 2.34. The predicted molar refractivity (Wildman–Crippen MR) is 94.6 cm³/mol. The van der Waals surface area contributed by atoms with Gasteiger partial charge in [0, 0.05) is 32.1 Å². The summed E-state index contributed by atoms with van der Waals surface area (Å²) in [5.41, 5.74) is 0. The van der Waals surface area contributed by atoms with Gasteiger partial charge in [0.2, 0.25) is 5.91 Å². The molecule has 2 rings (SSSR count). The van der Waals surface area contributed by atoms with E-state index in [1.807, 2.05) is 6.92 Å². The van der Waals surface area contributed by atoms with Crippen LogP contribution in [0.4, 0.5) is 0 Å². The third-order valence-corrected chi connectivity index (χ3v) is 5.49. The van der Waals surface area contributed by atoms with Gasteiger partial charge in [0.25, 0.3) is 0 Å². The molecule has 6 heteroatoms. The molecule has 2 fully saturated rings. The molecule has 2 aliphatic rings. The minimum absolute atomic E-state index is 0.0248. The van der Waals surface area contributed by atoms with Crippen LogP contribution in [0.2, 0.25) is 0 Å². The number of nitrogens with zero attached hydrogens (tertiary/aromatic N) is 2. The second-order valence-electron chi connectivity index (χ2n) is 7.64. The molecular formula is C18H35N3O3. The number of carbonyl (C=O) groups is 1. The van der Waals surface area contributed by atoms with Crippen molar-refractivity contribution in [3.05, 3.63) is 0 Å². The quantitative estimate of drug-likeness (QED) is 0.724. The lowest BCUT2D eigenvalue weighted by molar-refractivity contribution is -0.173. The van der Waals surface area contributed by atoms with Gasteiger partial charge in [0.15, 0.2) is 6.29 Å². The summed E-state index contributed by atoms with van der Waals surface area (Å²) < 4.78 is 5.37. The first kappa shape index (κ1) is 19.6. The zero-order valence-electron chi connectivity index (χ0n) is 15.7. The maximum Gasteiger partial charge on any atom is 0.237 e. The van der Waals surface area contributed by atoms with E-state index in [0.717, 1.165) is 25.9 Å². The molecule has 0 aromatic carbocycles. The molecule has 6 nitrogen and oxygen atoms in total. The summed E-state index contributed by atoms with van der Waals surface area (Å²) in [6.45, 7) is 6.68. The highest BCUT2D eigenvalue weighted by Crippen LogP contribution is 2.25. The lowest BCUT2D eigenvalue weighted by Gasteiger charge is -2.36. The third-order valence-electron chi connectivity index (χ3n) is 5.49. The van der Waals surface area contributed by atoms with Gasteiger partial charge in [-0.1, -0.05) is 13.3 Å². The Kier molecular flexibility index (Phi) is 7.47. The van der Waals surface area contributed by atoms with Gasteiger partial charge in [0.1, 0.15) is 0 Å². The first-order valence-electron chi connectivity index (χ1n) is 9.42. The van der Waals surface area contributed by atoms with Crippen molar-refractivity contribution in [1.82, 2.24) is 15.1 Å². The van der Waals surface area contributed by atoms with Crippen LogP contribution in [0.1, 0.15) is 46.0 Å². The molecule has 2 aliphatic heterocycles. The van der Waals surface area contributed by atoms with Crippen LogP contribution in [-0.4, -0.2) is 79.0 Å². The van der Waals surface area contributed by atoms with E-state index < -0.39 is 6.29 Å². The van der Waals surface area contributed by atoms with Crippen molar-refractivity contribution < 1.29 is 14.6 Å². The van der Waals surface area contributed by atoms with Crippen LogP contribution in [0.25, 0.3) is 0 Å². The van der Waals surface area contributed by atoms with Gasteiger partial charge >= 0.3 is 0 Å². The SMILES string of the molecule is CCC[C@@H]1C[C@@H](C(=O)NCCN(C)[C@H]2C[C@@H](C)O[C@@H](O)C2)N(C)C1. The summed E-state index contributed by atoms with van der Waals surface area (Å²) in [5, 5.41) is 12.8. The molecule has 5 atom stereocenters. The molecular weight excluding hydrogens is 306 g/mol. The molecule has 2 N–H and O–H groups in total. The Labute approximate surface area is 146 Å². The molecule has 2 saturated heterocycles. The van der Waals surface area contributed by atoms with Crippen LogP contribution in [0.3, 0.4) is 0 Å². The molecule has 1 amide bonds. The fourth-order valence-electron chi connectivity index (χ4n) is 4.14. The predicted octanol–water partition coefficient (Wildman–Crippen LogP) is 1.04. The van der Waals surface area contributed by atoms with Gasteiger partial charge in [-0.05, 0) is 46.2 Å². The minimum atomic E-state index is -0.668. The van der Waals surface area contributed by atoms with E-state index in [1.165, 1.54) is 12.8 Å². The van der Waals surface area contributed by atoms with E-state index in [1.54, 1.807) is 0 Å². The second-order valence-corrected chi connectivity index (χ2v) is 7.64. The summed E-state index contributed by atoms with van der Waals surface area (Å²) >= 11 is 0. The van der Waals surface area contributed by atoms with E-state index in [2.05, 4.69) is 36.1 Å². The Morgan fingerprint density at radius 2 is 2.12 bits per heavy atom. The van der Waals surface area contributed by atoms with Crippen LogP contribution >= 0.6 is 0 Å². The normalized spacial score (nSPS) is 34.7. The van der Waals surface area contributed by atoms with E-state index in [9.17, 15) is 9.90 Å². The maximum absolute atomic E-state index is 12.4. The fraction of sp³-hybridized carbons (Fsp3) is 0.944. The Morgan fingerprint density at radius 3 is 2.79 bits per heavy atom. The van der Waals surface area contributed by atoms with Gasteiger partial charge in [0.05, 0.1) is 12.1 Å². The van der Waals surface area contributed by atoms with Crippen molar-refractivity contribution in [3.8, 4) is 0 Å². The van der Waals surface area contributed by atoms with E-state index >= 15 is 0 Å². The number of carbonyl (C=O) groups excluding carboxylic acids is 1. The van der Waals surface area contributed by atoms with Crippen LogP contribution < -0.4 is 5.32 Å². The Hall–Kier alpha value is -0.690. The highest BCUT2D eigenvalue weighted by molar-refractivity contribution is 5.82. The summed E-state index contributed by atoms with van der Waals surface area (Å²) in [5.74, 6) is 0.813. The number of likely N-dealkylation sites (tertiary alicyclic amines) is 1. The number of hydrogen-bond donors (Lipinski definition) is 2. The molecule has 2 heterocycles. The molecule has 24 heavy (non-hydrogen) atoms. The van der Waals surface area contributed by atoms with Crippen molar-refractivity contribution in [1.29, 1.82) is 0 Å². The van der Waals surface area contributed by atoms with E-state index in [4.69, 9.17) is 4.74 Å². The smallest absolute Gasteiger partial charge is 0.237 e. The van der Waals surface area contributed by atoms with Gasteiger partial charge in [-0.15, -0.1) is 0 Å². The number of aliphatic hydroxyl groups excluding tert-OH is 1. The Bertz CT molecular complexity index is 397. The Balaban J connectivity index is 1.70. The molecule has 0 spiro atoms. The van der Waals surface area contributed by atoms with Crippen LogP contribution in [0, 0.1) is 5.92 Å². The van der Waals surface area contributed by atoms with Gasteiger partial charge in [-0.2, -0.15) is 0 Å². The number of hydrogen-bond acceptors (Lipinski definition) is 5. The molecule has 0 bridgehead atoms. The first-order chi connectivity index (χ1) is 11.4. The zero-order valence-corrected chi connectivity index (χ0v) is 15.7. The minimum Gasteiger partial charge on any atom is -0.368 e. The van der Waals surface area contributed by atoms with Crippen molar-refractivity contribution >= 4 is 5.91 Å². The van der Waals surface area contributed by atoms with Gasteiger partial charge in [-0.25, -0.2) is 0 Å². The van der Waals surface area contributed by atoms with Crippen molar-refractivity contribution in [3.63, 3.8) is 0 Å². The highest BCUT2D eigenvalue weighted by atomic mass is 16.6. The van der Waals surface area contributed by atoms with Gasteiger partial charge in [-0.3, -0.25) is 9.69 Å². The number of likely N-dealkylation sites (N-methyl/N-ethyl adjacent to an activating group) is 2. The monoisotopic (exact) mass is 341 g/mol. The maximum atomic E-state index is 12.4. The number of amides is 1. The molecule has 140 valence electrons. The lowest BCUT2D eigenvalue weighted by Crippen LogP contribution is -2.47. The molecule has 0 aromatic rings.